The molecule has 8 aromatic carbocycles. The molecule has 0 aliphatic rings. The molecule has 11 aromatic rings. The van der Waals surface area contributed by atoms with Crippen LogP contribution >= 0.6 is 0 Å². The second-order valence-corrected chi connectivity index (χ2v) is 14.3. The monoisotopic (exact) mass is 727 g/mol. The fraction of sp³-hybridized carbons (Fsp3) is 0. The molecule has 0 unspecified atom stereocenters. The van der Waals surface area contributed by atoms with Crippen molar-refractivity contribution in [1.29, 1.82) is 0 Å². The van der Waals surface area contributed by atoms with Gasteiger partial charge in [0.05, 0.1) is 22.6 Å². The summed E-state index contributed by atoms with van der Waals surface area (Å²) in [5, 5.41) is 5.57. The van der Waals surface area contributed by atoms with Gasteiger partial charge in [0.25, 0.3) is 0 Å². The summed E-state index contributed by atoms with van der Waals surface area (Å²) < 4.78 is 6.41. The van der Waals surface area contributed by atoms with Gasteiger partial charge in [0, 0.05) is 54.7 Å². The van der Waals surface area contributed by atoms with Gasteiger partial charge in [0.2, 0.25) is 0 Å². The Morgan fingerprint density at radius 3 is 1.63 bits per heavy atom. The molecular formula is C53H33N3O. The molecular weight excluding hydrogens is 695 g/mol. The normalized spacial score (nSPS) is 11.5. The summed E-state index contributed by atoms with van der Waals surface area (Å²) in [7, 11) is 0. The van der Waals surface area contributed by atoms with E-state index < -0.39 is 0 Å². The lowest BCUT2D eigenvalue weighted by atomic mass is 9.92. The van der Waals surface area contributed by atoms with E-state index in [-0.39, 0.29) is 0 Å². The van der Waals surface area contributed by atoms with E-state index in [1.54, 1.807) is 0 Å². The van der Waals surface area contributed by atoms with Crippen LogP contribution in [0.2, 0.25) is 0 Å². The van der Waals surface area contributed by atoms with Gasteiger partial charge in [-0.1, -0.05) is 164 Å². The first kappa shape index (κ1) is 32.7. The van der Waals surface area contributed by atoms with Gasteiger partial charge in [-0.15, -0.1) is 0 Å². The molecule has 0 aliphatic heterocycles. The van der Waals surface area contributed by atoms with Crippen LogP contribution in [0.25, 0.3) is 111 Å². The van der Waals surface area contributed by atoms with Gasteiger partial charge < -0.3 is 4.42 Å². The van der Waals surface area contributed by atoms with Crippen molar-refractivity contribution in [1.82, 2.24) is 15.0 Å². The van der Waals surface area contributed by atoms with Crippen molar-refractivity contribution in [2.24, 2.45) is 0 Å². The highest BCUT2D eigenvalue weighted by Crippen LogP contribution is 2.43. The van der Waals surface area contributed by atoms with Crippen LogP contribution in [0.4, 0.5) is 0 Å². The highest BCUT2D eigenvalue weighted by Gasteiger charge is 2.19. The molecule has 0 atom stereocenters. The van der Waals surface area contributed by atoms with E-state index in [4.69, 9.17) is 19.4 Å². The second-order valence-electron chi connectivity index (χ2n) is 14.3. The van der Waals surface area contributed by atoms with Crippen molar-refractivity contribution < 1.29 is 4.42 Å². The van der Waals surface area contributed by atoms with Crippen molar-refractivity contribution >= 4 is 43.6 Å². The fourth-order valence-corrected chi connectivity index (χ4v) is 8.17. The maximum absolute atomic E-state index is 6.41. The third-order valence-corrected chi connectivity index (χ3v) is 10.9. The van der Waals surface area contributed by atoms with Crippen LogP contribution < -0.4 is 0 Å². The first-order valence-electron chi connectivity index (χ1n) is 19.2. The van der Waals surface area contributed by atoms with Crippen LogP contribution in [-0.2, 0) is 0 Å². The number of para-hydroxylation sites is 2. The van der Waals surface area contributed by atoms with E-state index in [1.807, 2.05) is 48.5 Å². The minimum atomic E-state index is 0.700. The molecule has 0 saturated heterocycles. The summed E-state index contributed by atoms with van der Waals surface area (Å²) in [4.78, 5) is 15.6. The van der Waals surface area contributed by atoms with Crippen LogP contribution in [0.5, 0.6) is 0 Å². The van der Waals surface area contributed by atoms with Gasteiger partial charge in [0.1, 0.15) is 11.2 Å². The third-order valence-electron chi connectivity index (χ3n) is 10.9. The number of hydrogen-bond acceptors (Lipinski definition) is 4. The lowest BCUT2D eigenvalue weighted by Gasteiger charge is -2.15. The van der Waals surface area contributed by atoms with E-state index >= 15 is 0 Å². The molecule has 0 N–H and O–H groups in total. The Kier molecular flexibility index (Phi) is 7.78. The zero-order chi connectivity index (χ0) is 37.7. The van der Waals surface area contributed by atoms with Gasteiger partial charge in [0.15, 0.2) is 5.82 Å². The molecule has 0 spiro atoms. The Hall–Kier alpha value is -7.69. The summed E-state index contributed by atoms with van der Waals surface area (Å²) in [6.07, 6.45) is 0. The first-order chi connectivity index (χ1) is 28.2. The van der Waals surface area contributed by atoms with Crippen molar-refractivity contribution in [3.63, 3.8) is 0 Å². The highest BCUT2D eigenvalue weighted by molar-refractivity contribution is 6.29. The Bertz CT molecular complexity index is 3220. The SMILES string of the molecule is c1ccc(-c2cc(-c3cccc(-c4cccc(-c5cccc6c5nc(-c5ccccc5)c5ccc7oc8ccccc8c7c56)c4)c3)nc(-c3ccccc3)n2)cc1. The maximum atomic E-state index is 6.41. The summed E-state index contributed by atoms with van der Waals surface area (Å²) in [6.45, 7) is 0. The molecule has 0 bridgehead atoms. The van der Waals surface area contributed by atoms with E-state index in [2.05, 4.69) is 152 Å². The Morgan fingerprint density at radius 2 is 0.877 bits per heavy atom. The van der Waals surface area contributed by atoms with E-state index in [9.17, 15) is 0 Å². The molecule has 3 heterocycles. The molecule has 3 aromatic heterocycles. The van der Waals surface area contributed by atoms with Gasteiger partial charge in [-0.2, -0.15) is 0 Å². The van der Waals surface area contributed by atoms with Crippen LogP contribution in [0.1, 0.15) is 0 Å². The first-order valence-corrected chi connectivity index (χ1v) is 19.2. The molecule has 0 fully saturated rings. The number of fused-ring (bicyclic) bond motifs is 7. The van der Waals surface area contributed by atoms with Crippen molar-refractivity contribution in [3.8, 4) is 67.4 Å². The number of aromatic nitrogens is 3. The standard InChI is InChI=1S/C53H33N3O/c1-4-15-34(16-5-1)45-33-46(55-53(54-45)36-19-8-3-9-20-36)40-24-13-22-38(32-40)37-21-12-23-39(31-37)41-26-14-27-43-49-44(51(56-52(41)43)35-17-6-2-7-18-35)29-30-48-50(49)42-25-10-11-28-47(42)57-48/h1-33H. The molecule has 4 nitrogen and oxygen atoms in total. The summed E-state index contributed by atoms with van der Waals surface area (Å²) in [5.74, 6) is 0.700. The molecule has 266 valence electrons. The summed E-state index contributed by atoms with van der Waals surface area (Å²) >= 11 is 0. The number of rotatable bonds is 6. The smallest absolute Gasteiger partial charge is 0.160 e. The number of pyridine rings is 1. The van der Waals surface area contributed by atoms with Crippen molar-refractivity contribution in [3.05, 3.63) is 200 Å². The topological polar surface area (TPSA) is 51.8 Å². The number of hydrogen-bond donors (Lipinski definition) is 0. The third kappa shape index (κ3) is 5.74. The maximum Gasteiger partial charge on any atom is 0.160 e. The largest absolute Gasteiger partial charge is 0.456 e. The van der Waals surface area contributed by atoms with Gasteiger partial charge in [-0.05, 0) is 53.1 Å². The number of nitrogens with zero attached hydrogens (tertiary/aromatic N) is 3. The lowest BCUT2D eigenvalue weighted by molar-refractivity contribution is 0.669. The average Bonchev–Trinajstić information content (AvgIpc) is 3.68. The molecule has 0 aliphatic carbocycles. The summed E-state index contributed by atoms with van der Waals surface area (Å²) in [6, 6.07) is 69.6. The Morgan fingerprint density at radius 1 is 0.316 bits per heavy atom. The van der Waals surface area contributed by atoms with Crippen LogP contribution in [0, 0.1) is 0 Å². The Labute approximate surface area is 329 Å². The molecule has 0 amide bonds. The van der Waals surface area contributed by atoms with E-state index in [0.717, 1.165) is 105 Å². The lowest BCUT2D eigenvalue weighted by Crippen LogP contribution is -1.96. The quantitative estimate of drug-likeness (QED) is 0.160. The summed E-state index contributed by atoms with van der Waals surface area (Å²) in [5.41, 5.74) is 13.9. The second kappa shape index (κ2) is 13.6. The fourth-order valence-electron chi connectivity index (χ4n) is 8.17. The van der Waals surface area contributed by atoms with Gasteiger partial charge in [-0.25, -0.2) is 15.0 Å². The van der Waals surface area contributed by atoms with E-state index in [1.165, 1.54) is 0 Å². The van der Waals surface area contributed by atoms with Crippen molar-refractivity contribution in [2.45, 2.75) is 0 Å². The minimum absolute atomic E-state index is 0.700. The van der Waals surface area contributed by atoms with E-state index in [0.29, 0.717) is 5.82 Å². The van der Waals surface area contributed by atoms with Crippen LogP contribution in [-0.4, -0.2) is 15.0 Å². The van der Waals surface area contributed by atoms with Gasteiger partial charge >= 0.3 is 0 Å². The number of furan rings is 1. The molecule has 57 heavy (non-hydrogen) atoms. The van der Waals surface area contributed by atoms with Gasteiger partial charge in [-0.3, -0.25) is 0 Å². The molecule has 11 rings (SSSR count). The van der Waals surface area contributed by atoms with Crippen LogP contribution in [0.15, 0.2) is 205 Å². The Balaban J connectivity index is 1.08. The minimum Gasteiger partial charge on any atom is -0.456 e. The zero-order valence-corrected chi connectivity index (χ0v) is 30.8. The van der Waals surface area contributed by atoms with Crippen molar-refractivity contribution in [2.75, 3.05) is 0 Å². The van der Waals surface area contributed by atoms with Crippen LogP contribution in [0.3, 0.4) is 0 Å². The molecule has 4 heteroatoms. The zero-order valence-electron chi connectivity index (χ0n) is 30.8. The molecule has 0 saturated carbocycles. The average molecular weight is 728 g/mol. The highest BCUT2D eigenvalue weighted by atomic mass is 16.3. The molecule has 0 radical (unpaired) electrons. The predicted molar refractivity (Wildman–Crippen MR) is 235 cm³/mol. The number of benzene rings is 8. The predicted octanol–water partition coefficient (Wildman–Crippen LogP) is 14.1.